The molecule has 94 valence electrons. The van der Waals surface area contributed by atoms with Gasteiger partial charge in [0.05, 0.1) is 29.1 Å². The Morgan fingerprint density at radius 3 is 2.89 bits per heavy atom. The average molecular weight is 245 g/mol. The summed E-state index contributed by atoms with van der Waals surface area (Å²) in [4.78, 5) is 11.9. The van der Waals surface area contributed by atoms with Crippen LogP contribution in [-0.4, -0.2) is 18.1 Å². The van der Waals surface area contributed by atoms with E-state index < -0.39 is 6.10 Å². The van der Waals surface area contributed by atoms with Crippen LogP contribution in [0, 0.1) is 11.3 Å². The number of carbonyl (C=O) groups excluding carboxylic acids is 1. The fourth-order valence-electron chi connectivity index (χ4n) is 1.95. The molecule has 1 amide bonds. The molecule has 0 saturated carbocycles. The molecule has 1 aromatic carbocycles. The minimum atomic E-state index is -0.407. The van der Waals surface area contributed by atoms with Crippen LogP contribution in [0.2, 0.25) is 0 Å². The molecule has 1 saturated heterocycles. The predicted octanol–water partition coefficient (Wildman–Crippen LogP) is 1.65. The molecule has 5 heteroatoms. The van der Waals surface area contributed by atoms with Crippen molar-refractivity contribution in [3.8, 4) is 6.07 Å². The van der Waals surface area contributed by atoms with E-state index in [1.165, 1.54) is 6.07 Å². The van der Waals surface area contributed by atoms with Gasteiger partial charge in [0.15, 0.2) is 0 Å². The Bertz CT molecular complexity index is 507. The predicted molar refractivity (Wildman–Crippen MR) is 67.8 cm³/mol. The van der Waals surface area contributed by atoms with E-state index in [9.17, 15) is 4.79 Å². The maximum atomic E-state index is 11.9. The monoisotopic (exact) mass is 245 g/mol. The molecule has 1 fully saturated rings. The van der Waals surface area contributed by atoms with Crippen LogP contribution in [0.3, 0.4) is 0 Å². The fraction of sp³-hybridized carbons (Fsp3) is 0.385. The second-order valence-electron chi connectivity index (χ2n) is 4.42. The summed E-state index contributed by atoms with van der Waals surface area (Å²) < 4.78 is 5.47. The van der Waals surface area contributed by atoms with Crippen molar-refractivity contribution >= 4 is 17.3 Å². The molecule has 1 heterocycles. The van der Waals surface area contributed by atoms with Crippen LogP contribution < -0.4 is 11.1 Å². The lowest BCUT2D eigenvalue weighted by Crippen LogP contribution is -2.28. The second kappa shape index (κ2) is 5.07. The van der Waals surface area contributed by atoms with Gasteiger partial charge in [0.1, 0.15) is 6.10 Å². The zero-order valence-corrected chi connectivity index (χ0v) is 10.1. The highest BCUT2D eigenvalue weighted by molar-refractivity contribution is 5.97. The number of benzene rings is 1. The lowest BCUT2D eigenvalue weighted by Gasteiger charge is -2.13. The number of nitriles is 1. The first-order valence-electron chi connectivity index (χ1n) is 5.86. The van der Waals surface area contributed by atoms with Crippen LogP contribution >= 0.6 is 0 Å². The SMILES string of the molecule is CC1CCC(C(=O)Nc2ccc(C#N)cc2N)O1. The van der Waals surface area contributed by atoms with E-state index in [2.05, 4.69) is 5.32 Å². The number of hydrogen-bond donors (Lipinski definition) is 2. The molecule has 0 aromatic heterocycles. The van der Waals surface area contributed by atoms with Crippen molar-refractivity contribution in [1.29, 1.82) is 5.26 Å². The molecule has 0 aliphatic carbocycles. The number of nitrogen functional groups attached to an aromatic ring is 1. The number of ether oxygens (including phenoxy) is 1. The first-order chi connectivity index (χ1) is 8.60. The highest BCUT2D eigenvalue weighted by Gasteiger charge is 2.28. The molecule has 3 N–H and O–H groups in total. The molecule has 1 aromatic rings. The molecule has 1 aliphatic rings. The van der Waals surface area contributed by atoms with Gasteiger partial charge in [-0.2, -0.15) is 5.26 Å². The van der Waals surface area contributed by atoms with Crippen LogP contribution in [0.5, 0.6) is 0 Å². The fourth-order valence-corrected chi connectivity index (χ4v) is 1.95. The van der Waals surface area contributed by atoms with Gasteiger partial charge in [-0.15, -0.1) is 0 Å². The van der Waals surface area contributed by atoms with Crippen molar-refractivity contribution in [2.24, 2.45) is 0 Å². The topological polar surface area (TPSA) is 88.1 Å². The summed E-state index contributed by atoms with van der Waals surface area (Å²) >= 11 is 0. The maximum absolute atomic E-state index is 11.9. The van der Waals surface area contributed by atoms with Gasteiger partial charge in [-0.25, -0.2) is 0 Å². The number of anilines is 2. The number of rotatable bonds is 2. The zero-order chi connectivity index (χ0) is 13.1. The summed E-state index contributed by atoms with van der Waals surface area (Å²) in [6.07, 6.45) is 1.33. The third-order valence-corrected chi connectivity index (χ3v) is 2.96. The molecule has 0 spiro atoms. The second-order valence-corrected chi connectivity index (χ2v) is 4.42. The van der Waals surface area contributed by atoms with Crippen molar-refractivity contribution < 1.29 is 9.53 Å². The van der Waals surface area contributed by atoms with Gasteiger partial charge in [0.25, 0.3) is 5.91 Å². The van der Waals surface area contributed by atoms with Gasteiger partial charge >= 0.3 is 0 Å². The molecule has 2 rings (SSSR count). The molecule has 0 bridgehead atoms. The summed E-state index contributed by atoms with van der Waals surface area (Å²) in [5.41, 5.74) is 7.13. The van der Waals surface area contributed by atoms with E-state index >= 15 is 0 Å². The largest absolute Gasteiger partial charge is 0.397 e. The van der Waals surface area contributed by atoms with E-state index in [1.54, 1.807) is 12.1 Å². The molecular formula is C13H15N3O2. The average Bonchev–Trinajstić information content (AvgIpc) is 2.78. The third kappa shape index (κ3) is 2.60. The highest BCUT2D eigenvalue weighted by Crippen LogP contribution is 2.23. The first-order valence-corrected chi connectivity index (χ1v) is 5.86. The normalized spacial score (nSPS) is 22.4. The van der Waals surface area contributed by atoms with E-state index in [0.717, 1.165) is 12.8 Å². The Hall–Kier alpha value is -2.06. The summed E-state index contributed by atoms with van der Waals surface area (Å²) in [5, 5.41) is 11.4. The van der Waals surface area contributed by atoms with Crippen molar-refractivity contribution in [1.82, 2.24) is 0 Å². The standard InChI is InChI=1S/C13H15N3O2/c1-8-2-5-12(18-8)13(17)16-11-4-3-9(7-14)6-10(11)15/h3-4,6,8,12H,2,5,15H2,1H3,(H,16,17). The van der Waals surface area contributed by atoms with Gasteiger partial charge < -0.3 is 15.8 Å². The van der Waals surface area contributed by atoms with Gasteiger partial charge in [-0.3, -0.25) is 4.79 Å². The Morgan fingerprint density at radius 1 is 1.56 bits per heavy atom. The molecule has 1 aliphatic heterocycles. The van der Waals surface area contributed by atoms with Gasteiger partial charge in [-0.05, 0) is 38.0 Å². The minimum Gasteiger partial charge on any atom is -0.397 e. The highest BCUT2D eigenvalue weighted by atomic mass is 16.5. The van der Waals surface area contributed by atoms with Crippen LogP contribution in [0.1, 0.15) is 25.3 Å². The molecule has 5 nitrogen and oxygen atoms in total. The number of nitrogens with one attached hydrogen (secondary N) is 1. The number of hydrogen-bond acceptors (Lipinski definition) is 4. The van der Waals surface area contributed by atoms with Crippen LogP contribution in [-0.2, 0) is 9.53 Å². The minimum absolute atomic E-state index is 0.124. The molecule has 18 heavy (non-hydrogen) atoms. The Kier molecular flexibility index (Phi) is 3.49. The van der Waals surface area contributed by atoms with Crippen molar-refractivity contribution in [3.63, 3.8) is 0 Å². The smallest absolute Gasteiger partial charge is 0.253 e. The molecule has 2 atom stereocenters. The summed E-state index contributed by atoms with van der Waals surface area (Å²) in [5.74, 6) is -0.184. The number of nitrogens with zero attached hydrogens (tertiary/aromatic N) is 1. The molecular weight excluding hydrogens is 230 g/mol. The van der Waals surface area contributed by atoms with Crippen molar-refractivity contribution in [3.05, 3.63) is 23.8 Å². The van der Waals surface area contributed by atoms with E-state index in [-0.39, 0.29) is 12.0 Å². The van der Waals surface area contributed by atoms with Crippen LogP contribution in [0.25, 0.3) is 0 Å². The summed E-state index contributed by atoms with van der Waals surface area (Å²) in [6, 6.07) is 6.77. The zero-order valence-electron chi connectivity index (χ0n) is 10.1. The van der Waals surface area contributed by atoms with Crippen molar-refractivity contribution in [2.45, 2.75) is 32.0 Å². The van der Waals surface area contributed by atoms with E-state index in [0.29, 0.717) is 16.9 Å². The number of amides is 1. The summed E-state index contributed by atoms with van der Waals surface area (Å²) in [6.45, 7) is 1.95. The quantitative estimate of drug-likeness (QED) is 0.775. The lowest BCUT2D eigenvalue weighted by atomic mass is 10.1. The van der Waals surface area contributed by atoms with E-state index in [4.69, 9.17) is 15.7 Å². The van der Waals surface area contributed by atoms with Gasteiger partial charge in [0.2, 0.25) is 0 Å². The third-order valence-electron chi connectivity index (χ3n) is 2.96. The van der Waals surface area contributed by atoms with E-state index in [1.807, 2.05) is 13.0 Å². The van der Waals surface area contributed by atoms with Gasteiger partial charge in [-0.1, -0.05) is 0 Å². The molecule has 0 radical (unpaired) electrons. The summed E-state index contributed by atoms with van der Waals surface area (Å²) in [7, 11) is 0. The van der Waals surface area contributed by atoms with Gasteiger partial charge in [0, 0.05) is 0 Å². The first kappa shape index (κ1) is 12.4. The maximum Gasteiger partial charge on any atom is 0.253 e. The van der Waals surface area contributed by atoms with Crippen LogP contribution in [0.15, 0.2) is 18.2 Å². The van der Waals surface area contributed by atoms with Crippen molar-refractivity contribution in [2.75, 3.05) is 11.1 Å². The Labute approximate surface area is 106 Å². The lowest BCUT2D eigenvalue weighted by molar-refractivity contribution is -0.126. The number of nitrogens with two attached hydrogens (primary N) is 1. The molecule has 2 unspecified atom stereocenters. The Morgan fingerprint density at radius 2 is 2.33 bits per heavy atom. The Balaban J connectivity index is 2.06. The van der Waals surface area contributed by atoms with Crippen LogP contribution in [0.4, 0.5) is 11.4 Å². The number of carbonyl (C=O) groups is 1.